The second kappa shape index (κ2) is 8.28. The van der Waals surface area contributed by atoms with Crippen molar-refractivity contribution in [1.29, 1.82) is 0 Å². The SMILES string of the molecule is O=C(c1ccc(NC2CCOC(c3ccccc3)C2)nc1)N1CCc2ccccc21. The minimum Gasteiger partial charge on any atom is -0.373 e. The number of carbonyl (C=O) groups is 1. The molecule has 1 amide bonds. The minimum absolute atomic E-state index is 0.00853. The molecule has 30 heavy (non-hydrogen) atoms. The molecule has 2 aromatic carbocycles. The highest BCUT2D eigenvalue weighted by molar-refractivity contribution is 6.07. The van der Waals surface area contributed by atoms with Crippen LogP contribution >= 0.6 is 0 Å². The molecule has 1 N–H and O–H groups in total. The molecule has 0 spiro atoms. The van der Waals surface area contributed by atoms with E-state index in [1.54, 1.807) is 6.20 Å². The normalized spacial score (nSPS) is 20.6. The number of rotatable bonds is 4. The lowest BCUT2D eigenvalue weighted by Crippen LogP contribution is -2.31. The summed E-state index contributed by atoms with van der Waals surface area (Å²) in [6.45, 7) is 1.45. The van der Waals surface area contributed by atoms with Gasteiger partial charge in [-0.1, -0.05) is 48.5 Å². The van der Waals surface area contributed by atoms with Crippen molar-refractivity contribution in [3.05, 3.63) is 89.6 Å². The third-order valence-electron chi connectivity index (χ3n) is 5.95. The average molecular weight is 399 g/mol. The van der Waals surface area contributed by atoms with Gasteiger partial charge in [-0.15, -0.1) is 0 Å². The van der Waals surface area contributed by atoms with E-state index in [-0.39, 0.29) is 12.0 Å². The van der Waals surface area contributed by atoms with Crippen molar-refractivity contribution in [3.63, 3.8) is 0 Å². The number of benzene rings is 2. The quantitative estimate of drug-likeness (QED) is 0.696. The lowest BCUT2D eigenvalue weighted by Gasteiger charge is -2.30. The Morgan fingerprint density at radius 2 is 1.87 bits per heavy atom. The molecule has 5 nitrogen and oxygen atoms in total. The average Bonchev–Trinajstić information content (AvgIpc) is 3.24. The van der Waals surface area contributed by atoms with Crippen LogP contribution in [0.4, 0.5) is 11.5 Å². The van der Waals surface area contributed by atoms with E-state index in [1.165, 1.54) is 11.1 Å². The highest BCUT2D eigenvalue weighted by Crippen LogP contribution is 2.30. The van der Waals surface area contributed by atoms with Crippen molar-refractivity contribution in [3.8, 4) is 0 Å². The van der Waals surface area contributed by atoms with Gasteiger partial charge in [0.25, 0.3) is 5.91 Å². The number of ether oxygens (including phenoxy) is 1. The van der Waals surface area contributed by atoms with Crippen LogP contribution in [0.1, 0.15) is 40.4 Å². The van der Waals surface area contributed by atoms with E-state index in [0.29, 0.717) is 11.6 Å². The predicted octanol–water partition coefficient (Wildman–Crippen LogP) is 4.62. The van der Waals surface area contributed by atoms with Crippen LogP contribution in [0.25, 0.3) is 0 Å². The van der Waals surface area contributed by atoms with Crippen LogP contribution < -0.4 is 10.2 Å². The molecule has 1 saturated heterocycles. The molecule has 5 rings (SSSR count). The highest BCUT2D eigenvalue weighted by atomic mass is 16.5. The summed E-state index contributed by atoms with van der Waals surface area (Å²) < 4.78 is 5.96. The van der Waals surface area contributed by atoms with Crippen LogP contribution in [0.5, 0.6) is 0 Å². The van der Waals surface area contributed by atoms with Crippen molar-refractivity contribution in [1.82, 2.24) is 4.98 Å². The second-order valence-electron chi connectivity index (χ2n) is 7.90. The smallest absolute Gasteiger partial charge is 0.259 e. The molecular weight excluding hydrogens is 374 g/mol. The summed E-state index contributed by atoms with van der Waals surface area (Å²) in [6, 6.07) is 22.5. The van der Waals surface area contributed by atoms with Crippen molar-refractivity contribution in [2.45, 2.75) is 31.4 Å². The summed E-state index contributed by atoms with van der Waals surface area (Å²) in [7, 11) is 0. The van der Waals surface area contributed by atoms with Crippen LogP contribution in [0.3, 0.4) is 0 Å². The third kappa shape index (κ3) is 3.81. The van der Waals surface area contributed by atoms with E-state index in [4.69, 9.17) is 4.74 Å². The molecule has 2 aliphatic heterocycles. The summed E-state index contributed by atoms with van der Waals surface area (Å²) in [4.78, 5) is 19.3. The van der Waals surface area contributed by atoms with Gasteiger partial charge in [0.1, 0.15) is 5.82 Å². The maximum absolute atomic E-state index is 13.0. The zero-order valence-corrected chi connectivity index (χ0v) is 16.8. The molecule has 1 fully saturated rings. The topological polar surface area (TPSA) is 54.5 Å². The Morgan fingerprint density at radius 3 is 2.70 bits per heavy atom. The maximum atomic E-state index is 13.0. The number of para-hydroxylation sites is 1. The Labute approximate surface area is 176 Å². The molecule has 152 valence electrons. The zero-order chi connectivity index (χ0) is 20.3. The summed E-state index contributed by atoms with van der Waals surface area (Å²) in [5.74, 6) is 0.807. The summed E-state index contributed by atoms with van der Waals surface area (Å²) >= 11 is 0. The van der Waals surface area contributed by atoms with Gasteiger partial charge < -0.3 is 15.0 Å². The molecule has 3 heterocycles. The molecule has 0 aliphatic carbocycles. The lowest BCUT2D eigenvalue weighted by atomic mass is 9.97. The number of aromatic nitrogens is 1. The van der Waals surface area contributed by atoms with E-state index in [9.17, 15) is 4.79 Å². The number of nitrogens with one attached hydrogen (secondary N) is 1. The first-order valence-corrected chi connectivity index (χ1v) is 10.6. The van der Waals surface area contributed by atoms with E-state index in [0.717, 1.165) is 43.9 Å². The Balaban J connectivity index is 1.24. The van der Waals surface area contributed by atoms with Crippen molar-refractivity contribution in [2.75, 3.05) is 23.4 Å². The molecule has 0 radical (unpaired) electrons. The Bertz CT molecular complexity index is 1020. The molecule has 0 saturated carbocycles. The van der Waals surface area contributed by atoms with Gasteiger partial charge in [-0.2, -0.15) is 0 Å². The first-order chi connectivity index (χ1) is 14.8. The van der Waals surface area contributed by atoms with Gasteiger partial charge in [-0.05, 0) is 48.6 Å². The number of hydrogen-bond donors (Lipinski definition) is 1. The second-order valence-corrected chi connectivity index (χ2v) is 7.90. The molecule has 0 bridgehead atoms. The van der Waals surface area contributed by atoms with Gasteiger partial charge in [0.2, 0.25) is 0 Å². The molecular formula is C25H25N3O2. The van der Waals surface area contributed by atoms with E-state index in [2.05, 4.69) is 28.5 Å². The first-order valence-electron chi connectivity index (χ1n) is 10.6. The Morgan fingerprint density at radius 1 is 1.03 bits per heavy atom. The third-order valence-corrected chi connectivity index (χ3v) is 5.95. The fourth-order valence-corrected chi connectivity index (χ4v) is 4.35. The highest BCUT2D eigenvalue weighted by Gasteiger charge is 2.26. The minimum atomic E-state index is 0.00853. The largest absolute Gasteiger partial charge is 0.373 e. The van der Waals surface area contributed by atoms with Crippen LogP contribution in [0.15, 0.2) is 72.9 Å². The molecule has 2 atom stereocenters. The molecule has 2 aliphatic rings. The Kier molecular flexibility index (Phi) is 5.20. The number of anilines is 2. The van der Waals surface area contributed by atoms with Crippen molar-refractivity contribution in [2.24, 2.45) is 0 Å². The van der Waals surface area contributed by atoms with Crippen LogP contribution in [-0.2, 0) is 11.2 Å². The number of hydrogen-bond acceptors (Lipinski definition) is 4. The van der Waals surface area contributed by atoms with Crippen LogP contribution in [-0.4, -0.2) is 30.1 Å². The van der Waals surface area contributed by atoms with Crippen molar-refractivity contribution >= 4 is 17.4 Å². The van der Waals surface area contributed by atoms with Gasteiger partial charge in [0.15, 0.2) is 0 Å². The number of amides is 1. The summed E-state index contributed by atoms with van der Waals surface area (Å²) in [6.07, 6.45) is 4.53. The lowest BCUT2D eigenvalue weighted by molar-refractivity contribution is 0.00974. The zero-order valence-electron chi connectivity index (χ0n) is 16.8. The summed E-state index contributed by atoms with van der Waals surface area (Å²) in [5.41, 5.74) is 4.07. The van der Waals surface area contributed by atoms with E-state index in [1.807, 2.05) is 53.4 Å². The fraction of sp³-hybridized carbons (Fsp3) is 0.280. The fourth-order valence-electron chi connectivity index (χ4n) is 4.35. The van der Waals surface area contributed by atoms with E-state index < -0.39 is 0 Å². The summed E-state index contributed by atoms with van der Waals surface area (Å²) in [5, 5.41) is 3.52. The number of fused-ring (bicyclic) bond motifs is 1. The Hall–Kier alpha value is -3.18. The molecule has 2 unspecified atom stereocenters. The predicted molar refractivity (Wildman–Crippen MR) is 118 cm³/mol. The molecule has 3 aromatic rings. The monoisotopic (exact) mass is 399 g/mol. The van der Waals surface area contributed by atoms with Crippen LogP contribution in [0.2, 0.25) is 0 Å². The standard InChI is InChI=1S/C25H25N3O2/c29-25(28-14-12-18-6-4-5-9-22(18)28)20-10-11-24(26-17-20)27-21-13-15-30-23(16-21)19-7-2-1-3-8-19/h1-11,17,21,23H,12-16H2,(H,26,27). The van der Waals surface area contributed by atoms with Crippen LogP contribution in [0, 0.1) is 0 Å². The van der Waals surface area contributed by atoms with Gasteiger partial charge in [-0.3, -0.25) is 4.79 Å². The van der Waals surface area contributed by atoms with Gasteiger partial charge in [0, 0.05) is 31.1 Å². The maximum Gasteiger partial charge on any atom is 0.259 e. The molecule has 5 heteroatoms. The van der Waals surface area contributed by atoms with Crippen molar-refractivity contribution < 1.29 is 9.53 Å². The number of carbonyl (C=O) groups excluding carboxylic acids is 1. The first kappa shape index (κ1) is 18.8. The van der Waals surface area contributed by atoms with E-state index >= 15 is 0 Å². The van der Waals surface area contributed by atoms with Gasteiger partial charge in [-0.25, -0.2) is 4.98 Å². The number of pyridine rings is 1. The van der Waals surface area contributed by atoms with Gasteiger partial charge in [0.05, 0.1) is 11.7 Å². The van der Waals surface area contributed by atoms with Gasteiger partial charge >= 0.3 is 0 Å². The molecule has 1 aromatic heterocycles. The number of nitrogens with zero attached hydrogens (tertiary/aromatic N) is 2.